The van der Waals surface area contributed by atoms with Crippen molar-refractivity contribution in [3.8, 4) is 0 Å². The molecule has 0 N–H and O–H groups in total. The van der Waals surface area contributed by atoms with Gasteiger partial charge in [0.25, 0.3) is 0 Å². The lowest BCUT2D eigenvalue weighted by Gasteiger charge is -2.38. The topological polar surface area (TPSA) is 17.1 Å². The highest BCUT2D eigenvalue weighted by Crippen LogP contribution is 2.41. The van der Waals surface area contributed by atoms with Crippen molar-refractivity contribution >= 4 is 5.78 Å². The van der Waals surface area contributed by atoms with Crippen molar-refractivity contribution in [1.29, 1.82) is 0 Å². The molecule has 0 amide bonds. The van der Waals surface area contributed by atoms with Gasteiger partial charge >= 0.3 is 0 Å². The van der Waals surface area contributed by atoms with E-state index in [4.69, 9.17) is 0 Å². The standard InChI is InChI=1S/C14H28O/c1-8-11(12(15)9-2)14(6,7)10-13(3,4)5/h11H,8-10H2,1-7H3. The van der Waals surface area contributed by atoms with Gasteiger partial charge in [-0.3, -0.25) is 4.79 Å². The quantitative estimate of drug-likeness (QED) is 0.658. The van der Waals surface area contributed by atoms with Crippen LogP contribution in [0.1, 0.15) is 67.7 Å². The molecule has 1 atom stereocenters. The van der Waals surface area contributed by atoms with E-state index in [0.29, 0.717) is 17.6 Å². The molecule has 1 nitrogen and oxygen atoms in total. The summed E-state index contributed by atoms with van der Waals surface area (Å²) >= 11 is 0. The predicted molar refractivity (Wildman–Crippen MR) is 66.9 cm³/mol. The second-order valence-electron chi connectivity index (χ2n) is 6.51. The number of ketones is 1. The number of carbonyl (C=O) groups is 1. The first-order valence-corrected chi connectivity index (χ1v) is 6.16. The molecule has 0 heterocycles. The highest BCUT2D eigenvalue weighted by molar-refractivity contribution is 5.81. The van der Waals surface area contributed by atoms with Crippen LogP contribution in [0.5, 0.6) is 0 Å². The second-order valence-corrected chi connectivity index (χ2v) is 6.51. The Bertz CT molecular complexity index is 208. The minimum atomic E-state index is 0.125. The zero-order chi connectivity index (χ0) is 12.3. The molecule has 0 bridgehead atoms. The SMILES string of the molecule is CCC(=O)C(CC)C(C)(C)CC(C)(C)C. The first kappa shape index (κ1) is 14.7. The summed E-state index contributed by atoms with van der Waals surface area (Å²) in [5.74, 6) is 0.647. The molecule has 1 heteroatoms. The Labute approximate surface area is 95.6 Å². The lowest BCUT2D eigenvalue weighted by Crippen LogP contribution is -2.33. The molecule has 90 valence electrons. The predicted octanol–water partition coefficient (Wildman–Crippen LogP) is 4.45. The van der Waals surface area contributed by atoms with Gasteiger partial charge in [-0.15, -0.1) is 0 Å². The Kier molecular flexibility index (Phi) is 5.02. The van der Waals surface area contributed by atoms with Gasteiger partial charge in [0.1, 0.15) is 5.78 Å². The molecule has 0 aromatic carbocycles. The number of hydrogen-bond donors (Lipinski definition) is 0. The molecular formula is C14H28O. The lowest BCUT2D eigenvalue weighted by atomic mass is 9.66. The van der Waals surface area contributed by atoms with E-state index in [9.17, 15) is 4.79 Å². The summed E-state index contributed by atoms with van der Waals surface area (Å²) in [5, 5.41) is 0. The van der Waals surface area contributed by atoms with E-state index in [1.807, 2.05) is 6.92 Å². The molecule has 0 fully saturated rings. The average molecular weight is 212 g/mol. The van der Waals surface area contributed by atoms with Crippen LogP contribution in [0, 0.1) is 16.7 Å². The van der Waals surface area contributed by atoms with Crippen molar-refractivity contribution in [2.24, 2.45) is 16.7 Å². The Morgan fingerprint density at radius 3 is 1.80 bits per heavy atom. The van der Waals surface area contributed by atoms with Gasteiger partial charge in [0, 0.05) is 12.3 Å². The highest BCUT2D eigenvalue weighted by Gasteiger charge is 2.35. The van der Waals surface area contributed by atoms with Crippen molar-refractivity contribution in [2.45, 2.75) is 67.7 Å². The van der Waals surface area contributed by atoms with E-state index >= 15 is 0 Å². The summed E-state index contributed by atoms with van der Waals surface area (Å²) in [6.07, 6.45) is 2.74. The van der Waals surface area contributed by atoms with E-state index in [1.54, 1.807) is 0 Å². The van der Waals surface area contributed by atoms with Gasteiger partial charge in [0.15, 0.2) is 0 Å². The molecule has 0 spiro atoms. The highest BCUT2D eigenvalue weighted by atomic mass is 16.1. The molecule has 0 aliphatic heterocycles. The maximum Gasteiger partial charge on any atom is 0.136 e. The second kappa shape index (κ2) is 5.14. The van der Waals surface area contributed by atoms with Gasteiger partial charge in [-0.2, -0.15) is 0 Å². The van der Waals surface area contributed by atoms with Crippen molar-refractivity contribution in [1.82, 2.24) is 0 Å². The molecule has 0 rings (SSSR count). The van der Waals surface area contributed by atoms with E-state index in [-0.39, 0.29) is 11.3 Å². The monoisotopic (exact) mass is 212 g/mol. The van der Waals surface area contributed by atoms with E-state index in [1.165, 1.54) is 0 Å². The zero-order valence-corrected chi connectivity index (χ0v) is 11.6. The Morgan fingerprint density at radius 1 is 1.07 bits per heavy atom. The molecule has 0 aliphatic rings. The molecule has 0 aromatic rings. The van der Waals surface area contributed by atoms with Crippen LogP contribution >= 0.6 is 0 Å². The molecule has 0 radical (unpaired) electrons. The fourth-order valence-corrected chi connectivity index (χ4v) is 2.95. The summed E-state index contributed by atoms with van der Waals surface area (Å²) in [6, 6.07) is 0. The first-order valence-electron chi connectivity index (χ1n) is 6.16. The summed E-state index contributed by atoms with van der Waals surface area (Å²) in [7, 11) is 0. The Morgan fingerprint density at radius 2 is 1.53 bits per heavy atom. The van der Waals surface area contributed by atoms with Crippen LogP contribution in [0.2, 0.25) is 0 Å². The number of rotatable bonds is 5. The molecular weight excluding hydrogens is 184 g/mol. The molecule has 1 unspecified atom stereocenters. The molecule has 0 saturated carbocycles. The van der Waals surface area contributed by atoms with Crippen LogP contribution < -0.4 is 0 Å². The lowest BCUT2D eigenvalue weighted by molar-refractivity contribution is -0.126. The summed E-state index contributed by atoms with van der Waals surface area (Å²) < 4.78 is 0. The van der Waals surface area contributed by atoms with E-state index in [0.717, 1.165) is 12.8 Å². The fraction of sp³-hybridized carbons (Fsp3) is 0.929. The third-order valence-corrected chi connectivity index (χ3v) is 3.07. The Hall–Kier alpha value is -0.330. The number of Topliss-reactive ketones (excluding diaryl/α,β-unsaturated/α-hetero) is 1. The fourth-order valence-electron chi connectivity index (χ4n) is 2.95. The largest absolute Gasteiger partial charge is 0.299 e. The first-order chi connectivity index (χ1) is 6.64. The minimum Gasteiger partial charge on any atom is -0.299 e. The maximum atomic E-state index is 11.9. The summed E-state index contributed by atoms with van der Waals surface area (Å²) in [6.45, 7) is 15.3. The van der Waals surface area contributed by atoms with Crippen LogP contribution in [-0.4, -0.2) is 5.78 Å². The van der Waals surface area contributed by atoms with Crippen LogP contribution in [0.3, 0.4) is 0 Å². The molecule has 15 heavy (non-hydrogen) atoms. The van der Waals surface area contributed by atoms with Crippen molar-refractivity contribution in [3.63, 3.8) is 0 Å². The smallest absolute Gasteiger partial charge is 0.136 e. The van der Waals surface area contributed by atoms with Crippen LogP contribution in [0.15, 0.2) is 0 Å². The van der Waals surface area contributed by atoms with E-state index in [2.05, 4.69) is 41.5 Å². The van der Waals surface area contributed by atoms with E-state index < -0.39 is 0 Å². The van der Waals surface area contributed by atoms with Gasteiger partial charge < -0.3 is 0 Å². The van der Waals surface area contributed by atoms with Gasteiger partial charge in [-0.25, -0.2) is 0 Å². The third-order valence-electron chi connectivity index (χ3n) is 3.07. The van der Waals surface area contributed by atoms with Crippen LogP contribution in [0.4, 0.5) is 0 Å². The number of hydrogen-bond acceptors (Lipinski definition) is 1. The van der Waals surface area contributed by atoms with Gasteiger partial charge in [-0.1, -0.05) is 48.5 Å². The normalized spacial score (nSPS) is 15.1. The molecule has 0 aromatic heterocycles. The van der Waals surface area contributed by atoms with Crippen molar-refractivity contribution in [2.75, 3.05) is 0 Å². The maximum absolute atomic E-state index is 11.9. The van der Waals surface area contributed by atoms with Gasteiger partial charge in [-0.05, 0) is 23.7 Å². The van der Waals surface area contributed by atoms with Crippen molar-refractivity contribution in [3.05, 3.63) is 0 Å². The van der Waals surface area contributed by atoms with Crippen molar-refractivity contribution < 1.29 is 4.79 Å². The van der Waals surface area contributed by atoms with Gasteiger partial charge in [0.05, 0.1) is 0 Å². The zero-order valence-electron chi connectivity index (χ0n) is 11.6. The summed E-state index contributed by atoms with van der Waals surface area (Å²) in [5.41, 5.74) is 0.422. The average Bonchev–Trinajstić information content (AvgIpc) is 1.99. The minimum absolute atomic E-state index is 0.125. The number of carbonyl (C=O) groups excluding carboxylic acids is 1. The molecule has 0 saturated heterocycles. The summed E-state index contributed by atoms with van der Waals surface area (Å²) in [4.78, 5) is 11.9. The van der Waals surface area contributed by atoms with Gasteiger partial charge in [0.2, 0.25) is 0 Å². The molecule has 0 aliphatic carbocycles. The van der Waals surface area contributed by atoms with Crippen LogP contribution in [-0.2, 0) is 4.79 Å². The Balaban J connectivity index is 4.73. The third kappa shape index (κ3) is 4.81. The van der Waals surface area contributed by atoms with Crippen LogP contribution in [0.25, 0.3) is 0 Å².